The number of likely N-dealkylation sites (N-methyl/N-ethyl adjacent to an activating group) is 1. The zero-order valence-corrected chi connectivity index (χ0v) is 7.83. The van der Waals surface area contributed by atoms with Gasteiger partial charge in [0.1, 0.15) is 0 Å². The predicted molar refractivity (Wildman–Crippen MR) is 53.7 cm³/mol. The Morgan fingerprint density at radius 3 is 3.00 bits per heavy atom. The van der Waals surface area contributed by atoms with E-state index in [9.17, 15) is 0 Å². The zero-order chi connectivity index (χ0) is 8.10. The number of rotatable bonds is 2. The number of allylic oxidation sites excluding steroid dienone is 1. The maximum absolute atomic E-state index is 4.08. The largest absolute Gasteiger partial charge is 0.361 e. The van der Waals surface area contributed by atoms with E-state index in [1.807, 2.05) is 19.6 Å². The van der Waals surface area contributed by atoms with Crippen LogP contribution in [-0.4, -0.2) is 24.8 Å². The topological polar surface area (TPSA) is 50.6 Å². The van der Waals surface area contributed by atoms with E-state index in [0.717, 1.165) is 13.0 Å². The van der Waals surface area contributed by atoms with Crippen molar-refractivity contribution >= 4 is 6.34 Å². The van der Waals surface area contributed by atoms with Crippen LogP contribution in [0, 0.1) is 0 Å². The minimum atomic E-state index is 0. The lowest BCUT2D eigenvalue weighted by Crippen LogP contribution is -2.20. The van der Waals surface area contributed by atoms with Gasteiger partial charge >= 0.3 is 0 Å². The predicted octanol–water partition coefficient (Wildman–Crippen LogP) is 1.97. The van der Waals surface area contributed by atoms with Crippen LogP contribution in [0.25, 0.3) is 0 Å². The summed E-state index contributed by atoms with van der Waals surface area (Å²) in [4.78, 5) is 6.14. The first-order valence-electron chi connectivity index (χ1n) is 3.92. The van der Waals surface area contributed by atoms with Gasteiger partial charge in [-0.05, 0) is 12.0 Å². The fourth-order valence-electron chi connectivity index (χ4n) is 0.977. The Hall–Kier alpha value is -1.09. The summed E-state index contributed by atoms with van der Waals surface area (Å²) < 4.78 is 0. The first-order valence-corrected chi connectivity index (χ1v) is 3.92. The molecule has 0 aromatic carbocycles. The quantitative estimate of drug-likeness (QED) is 0.683. The maximum Gasteiger partial charge on any atom is 0.0905 e. The van der Waals surface area contributed by atoms with Crippen LogP contribution in [0.4, 0.5) is 0 Å². The van der Waals surface area contributed by atoms with Crippen molar-refractivity contribution in [2.24, 2.45) is 4.99 Å². The molecule has 0 amide bonds. The van der Waals surface area contributed by atoms with Gasteiger partial charge in [-0.15, -0.1) is 0 Å². The number of aliphatic imine (C=N–C) groups is 1. The van der Waals surface area contributed by atoms with E-state index in [1.165, 1.54) is 5.57 Å². The number of hydrogen-bond donors (Lipinski definition) is 1. The molecule has 0 saturated heterocycles. The Kier molecular flexibility index (Phi) is 5.04. The van der Waals surface area contributed by atoms with Crippen LogP contribution in [0.3, 0.4) is 0 Å². The van der Waals surface area contributed by atoms with Gasteiger partial charge in [0.05, 0.1) is 6.34 Å². The molecule has 0 saturated carbocycles. The lowest BCUT2D eigenvalue weighted by atomic mass is 10.2. The second-order valence-electron chi connectivity index (χ2n) is 2.69. The highest BCUT2D eigenvalue weighted by atomic mass is 15.1. The third-order valence-corrected chi connectivity index (χ3v) is 1.50. The highest BCUT2D eigenvalue weighted by molar-refractivity contribution is 5.58. The third kappa shape index (κ3) is 3.34. The van der Waals surface area contributed by atoms with Gasteiger partial charge in [-0.3, -0.25) is 0 Å². The molecular weight excluding hydrogens is 150 g/mol. The first kappa shape index (κ1) is 10.9. The van der Waals surface area contributed by atoms with Crippen LogP contribution >= 0.6 is 0 Å². The molecule has 0 bridgehead atoms. The Balaban J connectivity index is 0.00000121. The molecule has 0 radical (unpaired) electrons. The molecule has 1 aliphatic heterocycles. The molecule has 0 atom stereocenters. The van der Waals surface area contributed by atoms with E-state index < -0.39 is 0 Å². The van der Waals surface area contributed by atoms with Crippen molar-refractivity contribution in [3.8, 4) is 0 Å². The Morgan fingerprint density at radius 1 is 1.67 bits per heavy atom. The molecule has 0 aromatic rings. The minimum Gasteiger partial charge on any atom is -0.361 e. The standard InChI is InChI=1S/C9H14N2.H3N/c1-3-4-5-9-6-10-8-11(2)7-9;/h4-6,8H,3,7H2,1-2H3;1H3/b5-4+;. The Labute approximate surface area is 74.1 Å². The highest BCUT2D eigenvalue weighted by Gasteiger charge is 1.99. The van der Waals surface area contributed by atoms with E-state index >= 15 is 0 Å². The van der Waals surface area contributed by atoms with Crippen LogP contribution in [-0.2, 0) is 0 Å². The molecule has 0 aromatic heterocycles. The maximum atomic E-state index is 4.08. The summed E-state index contributed by atoms with van der Waals surface area (Å²) in [5.41, 5.74) is 1.27. The van der Waals surface area contributed by atoms with Gasteiger partial charge in [-0.2, -0.15) is 0 Å². The average molecular weight is 167 g/mol. The summed E-state index contributed by atoms with van der Waals surface area (Å²) in [7, 11) is 2.02. The second-order valence-corrected chi connectivity index (χ2v) is 2.69. The number of hydrogen-bond acceptors (Lipinski definition) is 3. The van der Waals surface area contributed by atoms with Crippen LogP contribution < -0.4 is 6.15 Å². The lowest BCUT2D eigenvalue weighted by molar-refractivity contribution is 0.563. The van der Waals surface area contributed by atoms with Crippen LogP contribution in [0.15, 0.2) is 28.9 Å². The van der Waals surface area contributed by atoms with Gasteiger partial charge in [-0.1, -0.05) is 19.1 Å². The summed E-state index contributed by atoms with van der Waals surface area (Å²) in [6.07, 6.45) is 9.12. The smallest absolute Gasteiger partial charge is 0.0905 e. The van der Waals surface area contributed by atoms with E-state index in [-0.39, 0.29) is 6.15 Å². The molecule has 68 valence electrons. The second kappa shape index (κ2) is 5.55. The molecule has 3 nitrogen and oxygen atoms in total. The molecule has 1 aliphatic rings. The van der Waals surface area contributed by atoms with E-state index in [0.29, 0.717) is 0 Å². The van der Waals surface area contributed by atoms with Crippen molar-refractivity contribution in [3.63, 3.8) is 0 Å². The third-order valence-electron chi connectivity index (χ3n) is 1.50. The van der Waals surface area contributed by atoms with Crippen LogP contribution in [0.1, 0.15) is 13.3 Å². The molecule has 0 spiro atoms. The van der Waals surface area contributed by atoms with Crippen molar-refractivity contribution in [3.05, 3.63) is 23.9 Å². The molecular formula is C9H17N3. The zero-order valence-electron chi connectivity index (χ0n) is 7.83. The average Bonchev–Trinajstić information content (AvgIpc) is 2.01. The fraction of sp³-hybridized carbons (Fsp3) is 0.444. The van der Waals surface area contributed by atoms with Gasteiger partial charge in [-0.25, -0.2) is 4.99 Å². The normalized spacial score (nSPS) is 16.2. The fourth-order valence-corrected chi connectivity index (χ4v) is 0.977. The molecule has 1 rings (SSSR count). The van der Waals surface area contributed by atoms with Crippen molar-refractivity contribution in [2.45, 2.75) is 13.3 Å². The van der Waals surface area contributed by atoms with Gasteiger partial charge in [0, 0.05) is 19.8 Å². The van der Waals surface area contributed by atoms with Crippen molar-refractivity contribution in [1.82, 2.24) is 11.1 Å². The summed E-state index contributed by atoms with van der Waals surface area (Å²) in [6, 6.07) is 0. The summed E-state index contributed by atoms with van der Waals surface area (Å²) in [5.74, 6) is 0. The summed E-state index contributed by atoms with van der Waals surface area (Å²) >= 11 is 0. The molecule has 1 heterocycles. The van der Waals surface area contributed by atoms with Crippen LogP contribution in [0.5, 0.6) is 0 Å². The molecule has 12 heavy (non-hydrogen) atoms. The van der Waals surface area contributed by atoms with Gasteiger partial charge < -0.3 is 11.1 Å². The monoisotopic (exact) mass is 167 g/mol. The van der Waals surface area contributed by atoms with Crippen LogP contribution in [0.2, 0.25) is 0 Å². The highest BCUT2D eigenvalue weighted by Crippen LogP contribution is 2.03. The van der Waals surface area contributed by atoms with Gasteiger partial charge in [0.2, 0.25) is 0 Å². The van der Waals surface area contributed by atoms with Gasteiger partial charge in [0.25, 0.3) is 0 Å². The molecule has 0 aliphatic carbocycles. The summed E-state index contributed by atoms with van der Waals surface area (Å²) in [6.45, 7) is 3.10. The number of nitrogens with zero attached hydrogens (tertiary/aromatic N) is 2. The molecule has 3 heteroatoms. The van der Waals surface area contributed by atoms with Crippen molar-refractivity contribution in [1.29, 1.82) is 0 Å². The van der Waals surface area contributed by atoms with Crippen molar-refractivity contribution in [2.75, 3.05) is 13.6 Å². The van der Waals surface area contributed by atoms with E-state index in [4.69, 9.17) is 0 Å². The van der Waals surface area contributed by atoms with Gasteiger partial charge in [0.15, 0.2) is 0 Å². The van der Waals surface area contributed by atoms with E-state index in [2.05, 4.69) is 29.0 Å². The SMILES string of the molecule is CC/C=C/C1=CN=CN(C)C1.N. The molecule has 0 unspecified atom stereocenters. The van der Waals surface area contributed by atoms with E-state index in [1.54, 1.807) is 0 Å². The summed E-state index contributed by atoms with van der Waals surface area (Å²) in [5, 5.41) is 0. The lowest BCUT2D eigenvalue weighted by Gasteiger charge is -2.16. The van der Waals surface area contributed by atoms with Crippen molar-refractivity contribution < 1.29 is 0 Å². The first-order chi connectivity index (χ1) is 5.33. The Bertz CT molecular complexity index is 204. The minimum absolute atomic E-state index is 0. The Morgan fingerprint density at radius 2 is 2.42 bits per heavy atom. The molecule has 3 N–H and O–H groups in total. The molecule has 0 fully saturated rings.